The highest BCUT2D eigenvalue weighted by Crippen LogP contribution is 2.30. The van der Waals surface area contributed by atoms with Gasteiger partial charge in [0.25, 0.3) is 0 Å². The number of benzene rings is 2. The van der Waals surface area contributed by atoms with Crippen LogP contribution in [-0.2, 0) is 0 Å². The maximum Gasteiger partial charge on any atom is 0.229 e. The second-order valence-electron chi connectivity index (χ2n) is 8.02. The van der Waals surface area contributed by atoms with Gasteiger partial charge in [0, 0.05) is 30.8 Å². The number of aromatic nitrogens is 3. The molecule has 0 unspecified atom stereocenters. The molecular formula is C23H28N6OS. The molecule has 31 heavy (non-hydrogen) atoms. The lowest BCUT2D eigenvalue weighted by molar-refractivity contribution is 0.292. The van der Waals surface area contributed by atoms with Crippen molar-refractivity contribution in [3.05, 3.63) is 42.0 Å². The van der Waals surface area contributed by atoms with E-state index in [0.29, 0.717) is 24.8 Å². The molecule has 2 aromatic carbocycles. The van der Waals surface area contributed by atoms with E-state index >= 15 is 0 Å². The van der Waals surface area contributed by atoms with Crippen LogP contribution in [0.2, 0.25) is 0 Å². The molecular weight excluding hydrogens is 408 g/mol. The van der Waals surface area contributed by atoms with Crippen LogP contribution in [0.25, 0.3) is 21.1 Å². The quantitative estimate of drug-likeness (QED) is 0.269. The van der Waals surface area contributed by atoms with E-state index in [-0.39, 0.29) is 6.61 Å². The standard InChI is InChI=1S/C23H28N6OS/c1-14(2)13-25-23-28-19-8-6-16(12-20(19)31-23)26-22-27-18-7-5-15(3)11-17(18)21(29-22)24-9-4-10-30/h5-8,11-12,14,30H,4,9-10,13H2,1-3H3,(H,25,28)(H2,24,26,27,29). The zero-order valence-electron chi connectivity index (χ0n) is 18.1. The fourth-order valence-corrected chi connectivity index (χ4v) is 4.13. The zero-order chi connectivity index (χ0) is 21.8. The van der Waals surface area contributed by atoms with Gasteiger partial charge in [0.1, 0.15) is 5.82 Å². The van der Waals surface area contributed by atoms with Crippen LogP contribution in [0.3, 0.4) is 0 Å². The second-order valence-corrected chi connectivity index (χ2v) is 9.05. The summed E-state index contributed by atoms with van der Waals surface area (Å²) in [6.45, 7) is 8.11. The van der Waals surface area contributed by atoms with Gasteiger partial charge in [-0.05, 0) is 49.6 Å². The summed E-state index contributed by atoms with van der Waals surface area (Å²) in [7, 11) is 0. The summed E-state index contributed by atoms with van der Waals surface area (Å²) in [6.07, 6.45) is 0.662. The van der Waals surface area contributed by atoms with E-state index in [9.17, 15) is 0 Å². The molecule has 0 spiro atoms. The van der Waals surface area contributed by atoms with E-state index in [4.69, 9.17) is 15.1 Å². The Bertz CT molecular complexity index is 1190. The van der Waals surface area contributed by atoms with E-state index < -0.39 is 0 Å². The summed E-state index contributed by atoms with van der Waals surface area (Å²) in [5, 5.41) is 21.1. The Balaban J connectivity index is 1.61. The molecule has 0 aliphatic carbocycles. The first-order valence-electron chi connectivity index (χ1n) is 10.6. The van der Waals surface area contributed by atoms with Crippen LogP contribution in [0.1, 0.15) is 25.8 Å². The monoisotopic (exact) mass is 436 g/mol. The Morgan fingerprint density at radius 3 is 2.65 bits per heavy atom. The molecule has 0 amide bonds. The lowest BCUT2D eigenvalue weighted by atomic mass is 10.1. The molecule has 162 valence electrons. The summed E-state index contributed by atoms with van der Waals surface area (Å²) in [6, 6.07) is 12.2. The molecule has 0 aliphatic rings. The number of nitrogens with one attached hydrogen (secondary N) is 3. The summed E-state index contributed by atoms with van der Waals surface area (Å²) >= 11 is 1.65. The number of fused-ring (bicyclic) bond motifs is 2. The Kier molecular flexibility index (Phi) is 6.48. The van der Waals surface area contributed by atoms with E-state index in [1.807, 2.05) is 24.3 Å². The second kappa shape index (κ2) is 9.45. The van der Waals surface area contributed by atoms with Gasteiger partial charge in [0.15, 0.2) is 5.13 Å². The van der Waals surface area contributed by atoms with E-state index in [1.54, 1.807) is 11.3 Å². The van der Waals surface area contributed by atoms with Gasteiger partial charge in [-0.2, -0.15) is 4.98 Å². The summed E-state index contributed by atoms with van der Waals surface area (Å²) in [5.74, 6) is 1.87. The van der Waals surface area contributed by atoms with Crippen LogP contribution in [0, 0.1) is 12.8 Å². The fraction of sp³-hybridized carbons (Fsp3) is 0.348. The van der Waals surface area contributed by atoms with Crippen molar-refractivity contribution in [3.63, 3.8) is 0 Å². The van der Waals surface area contributed by atoms with Crippen LogP contribution in [0.15, 0.2) is 36.4 Å². The molecule has 2 aromatic heterocycles. The van der Waals surface area contributed by atoms with Gasteiger partial charge in [0.2, 0.25) is 5.95 Å². The van der Waals surface area contributed by atoms with Gasteiger partial charge >= 0.3 is 0 Å². The Morgan fingerprint density at radius 2 is 1.84 bits per heavy atom. The highest BCUT2D eigenvalue weighted by molar-refractivity contribution is 7.22. The normalized spacial score (nSPS) is 11.4. The first-order chi connectivity index (χ1) is 15.0. The molecule has 0 fully saturated rings. The summed E-state index contributed by atoms with van der Waals surface area (Å²) in [4.78, 5) is 14.1. The highest BCUT2D eigenvalue weighted by atomic mass is 32.1. The molecule has 0 bridgehead atoms. The fourth-order valence-electron chi connectivity index (χ4n) is 3.22. The van der Waals surface area contributed by atoms with Gasteiger partial charge in [-0.3, -0.25) is 0 Å². The van der Waals surface area contributed by atoms with E-state index in [0.717, 1.165) is 49.9 Å². The van der Waals surface area contributed by atoms with Crippen LogP contribution < -0.4 is 16.0 Å². The minimum Gasteiger partial charge on any atom is -0.396 e. The smallest absolute Gasteiger partial charge is 0.229 e. The van der Waals surface area contributed by atoms with Crippen LogP contribution in [0.5, 0.6) is 0 Å². The molecule has 0 saturated carbocycles. The average Bonchev–Trinajstić information content (AvgIpc) is 3.15. The third kappa shape index (κ3) is 5.21. The van der Waals surface area contributed by atoms with Crippen molar-refractivity contribution in [1.82, 2.24) is 15.0 Å². The Labute approximate surface area is 186 Å². The van der Waals surface area contributed by atoms with Gasteiger partial charge < -0.3 is 21.1 Å². The molecule has 2 heterocycles. The third-order valence-corrected chi connectivity index (χ3v) is 5.76. The van der Waals surface area contributed by atoms with Crippen molar-refractivity contribution in [1.29, 1.82) is 0 Å². The lowest BCUT2D eigenvalue weighted by Crippen LogP contribution is -2.08. The van der Waals surface area contributed by atoms with Gasteiger partial charge in [-0.1, -0.05) is 36.8 Å². The van der Waals surface area contributed by atoms with Crippen molar-refractivity contribution < 1.29 is 5.11 Å². The maximum absolute atomic E-state index is 9.11. The number of anilines is 4. The lowest BCUT2D eigenvalue weighted by Gasteiger charge is -2.12. The Morgan fingerprint density at radius 1 is 1.00 bits per heavy atom. The SMILES string of the molecule is Cc1ccc2nc(Nc3ccc4nc(NCC(C)C)sc4c3)nc(NCCCO)c2c1. The first-order valence-corrected chi connectivity index (χ1v) is 11.4. The van der Waals surface area contributed by atoms with E-state index in [1.165, 1.54) is 0 Å². The predicted molar refractivity (Wildman–Crippen MR) is 131 cm³/mol. The molecule has 0 radical (unpaired) electrons. The van der Waals surface area contributed by atoms with Crippen molar-refractivity contribution in [2.45, 2.75) is 27.2 Å². The molecule has 7 nitrogen and oxygen atoms in total. The van der Waals surface area contributed by atoms with Crippen molar-refractivity contribution in [2.75, 3.05) is 35.6 Å². The predicted octanol–water partition coefficient (Wildman–Crippen LogP) is 5.15. The van der Waals surface area contributed by atoms with Gasteiger partial charge in [-0.15, -0.1) is 0 Å². The van der Waals surface area contributed by atoms with Crippen molar-refractivity contribution >= 4 is 55.0 Å². The first kappa shape index (κ1) is 21.3. The minimum absolute atomic E-state index is 0.142. The van der Waals surface area contributed by atoms with Crippen molar-refractivity contribution in [3.8, 4) is 0 Å². The average molecular weight is 437 g/mol. The summed E-state index contributed by atoms with van der Waals surface area (Å²) in [5.41, 5.74) is 3.91. The van der Waals surface area contributed by atoms with Crippen LogP contribution >= 0.6 is 11.3 Å². The highest BCUT2D eigenvalue weighted by Gasteiger charge is 2.10. The molecule has 8 heteroatoms. The number of aliphatic hydroxyl groups excluding tert-OH is 1. The van der Waals surface area contributed by atoms with Gasteiger partial charge in [0.05, 0.1) is 15.7 Å². The zero-order valence-corrected chi connectivity index (χ0v) is 18.9. The molecule has 4 aromatic rings. The van der Waals surface area contributed by atoms with Crippen LogP contribution in [0.4, 0.5) is 22.6 Å². The number of aliphatic hydroxyl groups is 1. The molecule has 0 saturated heterocycles. The number of hydrogen-bond acceptors (Lipinski definition) is 8. The molecule has 4 rings (SSSR count). The number of thiazole rings is 1. The van der Waals surface area contributed by atoms with Crippen LogP contribution in [-0.4, -0.2) is 39.8 Å². The Hall–Kier alpha value is -2.97. The number of aryl methyl sites for hydroxylation is 1. The topological polar surface area (TPSA) is 95.0 Å². The number of nitrogens with zero attached hydrogens (tertiary/aromatic N) is 3. The minimum atomic E-state index is 0.142. The summed E-state index contributed by atoms with van der Waals surface area (Å²) < 4.78 is 1.11. The molecule has 4 N–H and O–H groups in total. The maximum atomic E-state index is 9.11. The van der Waals surface area contributed by atoms with E-state index in [2.05, 4.69) is 53.8 Å². The third-order valence-electron chi connectivity index (χ3n) is 4.78. The largest absolute Gasteiger partial charge is 0.396 e. The van der Waals surface area contributed by atoms with Gasteiger partial charge in [-0.25, -0.2) is 9.97 Å². The molecule has 0 aliphatic heterocycles. The van der Waals surface area contributed by atoms with Crippen molar-refractivity contribution in [2.24, 2.45) is 5.92 Å². The number of hydrogen-bond donors (Lipinski definition) is 4. The molecule has 0 atom stereocenters. The number of rotatable bonds is 9.